The van der Waals surface area contributed by atoms with Crippen molar-refractivity contribution < 1.29 is 0 Å². The van der Waals surface area contributed by atoms with Crippen LogP contribution in [-0.4, -0.2) is 6.04 Å². The lowest BCUT2D eigenvalue weighted by Gasteiger charge is -2.12. The highest BCUT2D eigenvalue weighted by molar-refractivity contribution is 6.30. The molecule has 2 nitrogen and oxygen atoms in total. The van der Waals surface area contributed by atoms with Gasteiger partial charge in [0.2, 0.25) is 0 Å². The van der Waals surface area contributed by atoms with Gasteiger partial charge in [0.1, 0.15) is 11.8 Å². The normalized spacial score (nSPS) is 14.6. The van der Waals surface area contributed by atoms with Gasteiger partial charge in [-0.15, -0.1) is 0 Å². The van der Waals surface area contributed by atoms with Crippen LogP contribution in [0.2, 0.25) is 0 Å². The van der Waals surface area contributed by atoms with Crippen LogP contribution in [0.25, 0.3) is 0 Å². The molecule has 0 aliphatic carbocycles. The van der Waals surface area contributed by atoms with E-state index in [4.69, 9.17) is 16.9 Å². The summed E-state index contributed by atoms with van der Waals surface area (Å²) < 4.78 is 0. The summed E-state index contributed by atoms with van der Waals surface area (Å²) in [5.41, 5.74) is 0.508. The van der Waals surface area contributed by atoms with Crippen LogP contribution in [-0.2, 0) is 0 Å². The average Bonchev–Trinajstić information content (AvgIpc) is 2.12. The minimum absolute atomic E-state index is 0.306. The number of rotatable bonds is 4. The highest BCUT2D eigenvalue weighted by Crippen LogP contribution is 2.11. The van der Waals surface area contributed by atoms with Gasteiger partial charge in [-0.25, -0.2) is 0 Å². The first-order valence-corrected chi connectivity index (χ1v) is 4.58. The van der Waals surface area contributed by atoms with E-state index < -0.39 is 0 Å². The Balaban J connectivity index is 4.30. The van der Waals surface area contributed by atoms with Crippen molar-refractivity contribution in [1.82, 2.24) is 5.32 Å². The number of nitrogens with zero attached hydrogens (tertiary/aromatic N) is 1. The summed E-state index contributed by atoms with van der Waals surface area (Å²) in [6.45, 7) is 6.02. The third-order valence-electron chi connectivity index (χ3n) is 1.70. The van der Waals surface area contributed by atoms with Gasteiger partial charge in [0.15, 0.2) is 0 Å². The molecule has 0 aromatic carbocycles. The van der Waals surface area contributed by atoms with Crippen LogP contribution < -0.4 is 5.32 Å². The van der Waals surface area contributed by atoms with Crippen LogP contribution in [0, 0.1) is 11.3 Å². The van der Waals surface area contributed by atoms with E-state index in [0.29, 0.717) is 23.2 Å². The van der Waals surface area contributed by atoms with Gasteiger partial charge in [0.25, 0.3) is 0 Å². The Hall–Kier alpha value is -0.680. The van der Waals surface area contributed by atoms with E-state index in [0.717, 1.165) is 6.42 Å². The Morgan fingerprint density at radius 2 is 2.17 bits per heavy atom. The molecule has 0 amide bonds. The Labute approximate surface area is 79.2 Å². The quantitative estimate of drug-likeness (QED) is 0.686. The molecular weight excluding hydrogens is 172 g/mol. The van der Waals surface area contributed by atoms with Gasteiger partial charge in [-0.05, 0) is 19.8 Å². The Bertz CT molecular complexity index is 203. The summed E-state index contributed by atoms with van der Waals surface area (Å²) in [7, 11) is 0. The number of nitriles is 1. The van der Waals surface area contributed by atoms with Crippen LogP contribution in [0.3, 0.4) is 0 Å². The molecule has 0 fully saturated rings. The molecular formula is C9H15ClN2. The van der Waals surface area contributed by atoms with Gasteiger partial charge in [-0.3, -0.25) is 0 Å². The monoisotopic (exact) mass is 186 g/mol. The third-order valence-corrected chi connectivity index (χ3v) is 2.15. The van der Waals surface area contributed by atoms with Crippen molar-refractivity contribution in [2.75, 3.05) is 0 Å². The van der Waals surface area contributed by atoms with Gasteiger partial charge in [0, 0.05) is 6.04 Å². The fourth-order valence-electron chi connectivity index (χ4n) is 0.696. The standard InChI is InChI=1S/C9H15ClN2/c1-4-7(3)12-9(6-11)8(10)5-2/h7,12H,4-5H2,1-3H3/b9-8-. The highest BCUT2D eigenvalue weighted by atomic mass is 35.5. The minimum atomic E-state index is 0.306. The fraction of sp³-hybridized carbons (Fsp3) is 0.667. The van der Waals surface area contributed by atoms with Gasteiger partial charge in [0.05, 0.1) is 5.03 Å². The smallest absolute Gasteiger partial charge is 0.128 e. The Morgan fingerprint density at radius 1 is 1.58 bits per heavy atom. The minimum Gasteiger partial charge on any atom is -0.373 e. The summed E-state index contributed by atoms with van der Waals surface area (Å²) >= 11 is 5.83. The molecule has 0 saturated carbocycles. The zero-order valence-electron chi connectivity index (χ0n) is 7.82. The largest absolute Gasteiger partial charge is 0.373 e. The molecule has 12 heavy (non-hydrogen) atoms. The molecule has 1 atom stereocenters. The molecule has 0 saturated heterocycles. The van der Waals surface area contributed by atoms with Gasteiger partial charge in [-0.1, -0.05) is 25.4 Å². The van der Waals surface area contributed by atoms with Crippen molar-refractivity contribution in [2.45, 2.75) is 39.7 Å². The maximum Gasteiger partial charge on any atom is 0.128 e. The van der Waals surface area contributed by atoms with E-state index in [1.165, 1.54) is 0 Å². The van der Waals surface area contributed by atoms with Gasteiger partial charge >= 0.3 is 0 Å². The molecule has 68 valence electrons. The van der Waals surface area contributed by atoms with Crippen molar-refractivity contribution >= 4 is 11.6 Å². The van der Waals surface area contributed by atoms with Gasteiger partial charge < -0.3 is 5.32 Å². The van der Waals surface area contributed by atoms with E-state index in [1.807, 2.05) is 13.8 Å². The van der Waals surface area contributed by atoms with Crippen LogP contribution in [0.4, 0.5) is 0 Å². The molecule has 0 aliphatic rings. The number of halogens is 1. The zero-order valence-corrected chi connectivity index (χ0v) is 8.57. The first-order chi connectivity index (χ1) is 5.65. The maximum atomic E-state index is 8.72. The molecule has 1 N–H and O–H groups in total. The fourth-order valence-corrected chi connectivity index (χ4v) is 0.793. The number of allylic oxidation sites excluding steroid dienone is 2. The molecule has 0 aliphatic heterocycles. The Kier molecular flexibility index (Phi) is 5.57. The van der Waals surface area contributed by atoms with Crippen molar-refractivity contribution in [3.63, 3.8) is 0 Å². The first-order valence-electron chi connectivity index (χ1n) is 4.20. The summed E-state index contributed by atoms with van der Waals surface area (Å²) in [6, 6.07) is 2.36. The second kappa shape index (κ2) is 5.91. The molecule has 0 aromatic rings. The zero-order chi connectivity index (χ0) is 9.56. The topological polar surface area (TPSA) is 35.8 Å². The first kappa shape index (κ1) is 11.3. The lowest BCUT2D eigenvalue weighted by molar-refractivity contribution is 0.603. The second-order valence-electron chi connectivity index (χ2n) is 2.70. The second-order valence-corrected chi connectivity index (χ2v) is 3.16. The van der Waals surface area contributed by atoms with Crippen LogP contribution in [0.15, 0.2) is 10.7 Å². The molecule has 1 unspecified atom stereocenters. The molecule has 3 heteroatoms. The maximum absolute atomic E-state index is 8.72. The summed E-state index contributed by atoms with van der Waals surface area (Å²) in [5, 5.41) is 12.4. The van der Waals surface area contributed by atoms with Gasteiger partial charge in [-0.2, -0.15) is 5.26 Å². The lowest BCUT2D eigenvalue weighted by Crippen LogP contribution is -2.24. The molecule has 0 rings (SSSR count). The SMILES string of the molecule is CC/C(Cl)=C(\C#N)NC(C)CC. The van der Waals surface area contributed by atoms with Crippen molar-refractivity contribution in [2.24, 2.45) is 0 Å². The summed E-state index contributed by atoms with van der Waals surface area (Å²) in [4.78, 5) is 0. The third kappa shape index (κ3) is 3.64. The van der Waals surface area contributed by atoms with Crippen molar-refractivity contribution in [3.05, 3.63) is 10.7 Å². The van der Waals surface area contributed by atoms with Crippen LogP contribution in [0.5, 0.6) is 0 Å². The number of hydrogen-bond acceptors (Lipinski definition) is 2. The molecule has 0 spiro atoms. The van der Waals surface area contributed by atoms with E-state index in [9.17, 15) is 0 Å². The summed E-state index contributed by atoms with van der Waals surface area (Å²) in [6.07, 6.45) is 1.69. The van der Waals surface area contributed by atoms with Crippen LogP contribution in [0.1, 0.15) is 33.6 Å². The molecule has 0 radical (unpaired) electrons. The van der Waals surface area contributed by atoms with Crippen molar-refractivity contribution in [1.29, 1.82) is 5.26 Å². The van der Waals surface area contributed by atoms with E-state index in [-0.39, 0.29) is 0 Å². The predicted octanol–water partition coefficient (Wildman–Crippen LogP) is 2.76. The van der Waals surface area contributed by atoms with E-state index >= 15 is 0 Å². The lowest BCUT2D eigenvalue weighted by atomic mass is 10.2. The molecule has 0 bridgehead atoms. The van der Waals surface area contributed by atoms with E-state index in [1.54, 1.807) is 0 Å². The molecule has 0 heterocycles. The van der Waals surface area contributed by atoms with Crippen LogP contribution >= 0.6 is 11.6 Å². The molecule has 0 aromatic heterocycles. The average molecular weight is 187 g/mol. The van der Waals surface area contributed by atoms with E-state index in [2.05, 4.69) is 18.3 Å². The van der Waals surface area contributed by atoms with Crippen molar-refractivity contribution in [3.8, 4) is 6.07 Å². The number of hydrogen-bond donors (Lipinski definition) is 1. The Morgan fingerprint density at radius 3 is 2.50 bits per heavy atom. The summed E-state index contributed by atoms with van der Waals surface area (Å²) in [5.74, 6) is 0. The predicted molar refractivity (Wildman–Crippen MR) is 51.7 cm³/mol. The number of nitrogens with one attached hydrogen (secondary N) is 1. The highest BCUT2D eigenvalue weighted by Gasteiger charge is 2.04.